The fourth-order valence-corrected chi connectivity index (χ4v) is 1.44. The van der Waals surface area contributed by atoms with Crippen molar-refractivity contribution in [3.05, 3.63) is 29.8 Å². The van der Waals surface area contributed by atoms with Gasteiger partial charge in [-0.2, -0.15) is 0 Å². The third-order valence-electron chi connectivity index (χ3n) is 2.44. The van der Waals surface area contributed by atoms with Crippen molar-refractivity contribution in [1.29, 1.82) is 0 Å². The molecular weight excluding hydrogens is 216 g/mol. The van der Waals surface area contributed by atoms with Crippen molar-refractivity contribution in [2.45, 2.75) is 26.3 Å². The molecule has 0 aliphatic carbocycles. The van der Waals surface area contributed by atoms with Gasteiger partial charge in [0.15, 0.2) is 0 Å². The molecule has 0 aliphatic rings. The van der Waals surface area contributed by atoms with Crippen LogP contribution in [0.1, 0.15) is 31.9 Å². The minimum absolute atomic E-state index is 0.0997. The van der Waals surface area contributed by atoms with Gasteiger partial charge in [0.05, 0.1) is 13.2 Å². The van der Waals surface area contributed by atoms with Crippen molar-refractivity contribution >= 4 is 5.91 Å². The first-order valence-corrected chi connectivity index (χ1v) is 5.88. The second kappa shape index (κ2) is 6.91. The Balaban J connectivity index is 2.51. The van der Waals surface area contributed by atoms with E-state index in [0.29, 0.717) is 0 Å². The third kappa shape index (κ3) is 4.87. The minimum atomic E-state index is -0.347. The average Bonchev–Trinajstić information content (AvgIpc) is 2.34. The molecule has 1 aromatic carbocycles. The van der Waals surface area contributed by atoms with Crippen molar-refractivity contribution in [3.8, 4) is 5.75 Å². The first-order chi connectivity index (χ1) is 8.13. The molecule has 1 atom stereocenters. The summed E-state index contributed by atoms with van der Waals surface area (Å²) in [6.07, 6.45) is 0.998. The zero-order valence-corrected chi connectivity index (χ0v) is 10.4. The van der Waals surface area contributed by atoms with Gasteiger partial charge in [-0.05, 0) is 31.0 Å². The Hall–Kier alpha value is -1.55. The number of ether oxygens (including phenoxy) is 1. The fourth-order valence-electron chi connectivity index (χ4n) is 1.44. The summed E-state index contributed by atoms with van der Waals surface area (Å²) in [5.74, 6) is 0.525. The summed E-state index contributed by atoms with van der Waals surface area (Å²) in [6.45, 7) is 4.99. The van der Waals surface area contributed by atoms with Crippen LogP contribution in [0.5, 0.6) is 5.75 Å². The van der Waals surface area contributed by atoms with Crippen LogP contribution in [-0.2, 0) is 4.79 Å². The van der Waals surface area contributed by atoms with Gasteiger partial charge in [0.25, 0.3) is 0 Å². The molecule has 4 nitrogen and oxygen atoms in total. The molecule has 0 radical (unpaired) electrons. The second-order valence-electron chi connectivity index (χ2n) is 3.99. The van der Waals surface area contributed by atoms with Crippen LogP contribution in [0.3, 0.4) is 0 Å². The molecule has 1 rings (SSSR count). The molecule has 0 heterocycles. The Bertz CT molecular complexity index is 349. The van der Waals surface area contributed by atoms with E-state index >= 15 is 0 Å². The van der Waals surface area contributed by atoms with Gasteiger partial charge >= 0.3 is 0 Å². The highest BCUT2D eigenvalue weighted by Gasteiger charge is 2.05. The molecule has 4 heteroatoms. The maximum Gasteiger partial charge on any atom is 0.231 e. The molecule has 0 bridgehead atoms. The lowest BCUT2D eigenvalue weighted by Gasteiger charge is -2.13. The predicted octanol–water partition coefficient (Wildman–Crippen LogP) is 1.61. The van der Waals surface area contributed by atoms with Crippen LogP contribution >= 0.6 is 0 Å². The second-order valence-corrected chi connectivity index (χ2v) is 3.99. The minimum Gasteiger partial charge on any atom is -0.494 e. The SMILES string of the molecule is CCCOc1ccc(C(C)NCC(N)=O)cc1. The molecule has 0 saturated carbocycles. The quantitative estimate of drug-likeness (QED) is 0.756. The molecule has 3 N–H and O–H groups in total. The molecule has 0 spiro atoms. The topological polar surface area (TPSA) is 64.3 Å². The van der Waals surface area contributed by atoms with Gasteiger partial charge in [0.1, 0.15) is 5.75 Å². The first kappa shape index (κ1) is 13.5. The number of benzene rings is 1. The highest BCUT2D eigenvalue weighted by molar-refractivity contribution is 5.75. The monoisotopic (exact) mass is 236 g/mol. The molecule has 17 heavy (non-hydrogen) atoms. The molecule has 1 aromatic rings. The summed E-state index contributed by atoms with van der Waals surface area (Å²) in [6, 6.07) is 7.96. The van der Waals surface area contributed by atoms with Crippen molar-refractivity contribution in [1.82, 2.24) is 5.32 Å². The predicted molar refractivity (Wildman–Crippen MR) is 67.8 cm³/mol. The van der Waals surface area contributed by atoms with Gasteiger partial charge in [-0.1, -0.05) is 19.1 Å². The Morgan fingerprint density at radius 3 is 2.59 bits per heavy atom. The van der Waals surface area contributed by atoms with E-state index in [1.165, 1.54) is 0 Å². The lowest BCUT2D eigenvalue weighted by molar-refractivity contribution is -0.117. The van der Waals surface area contributed by atoms with Gasteiger partial charge in [-0.25, -0.2) is 0 Å². The summed E-state index contributed by atoms with van der Waals surface area (Å²) < 4.78 is 5.49. The number of rotatable bonds is 7. The van der Waals surface area contributed by atoms with Crippen LogP contribution in [0.25, 0.3) is 0 Å². The number of carbonyl (C=O) groups excluding carboxylic acids is 1. The third-order valence-corrected chi connectivity index (χ3v) is 2.44. The number of nitrogens with two attached hydrogens (primary N) is 1. The Morgan fingerprint density at radius 1 is 1.41 bits per heavy atom. The van der Waals surface area contributed by atoms with Crippen LogP contribution in [0.15, 0.2) is 24.3 Å². The molecular formula is C13H20N2O2. The largest absolute Gasteiger partial charge is 0.494 e. The zero-order valence-electron chi connectivity index (χ0n) is 10.4. The van der Waals surface area contributed by atoms with E-state index in [0.717, 1.165) is 24.3 Å². The van der Waals surface area contributed by atoms with E-state index in [4.69, 9.17) is 10.5 Å². The maximum atomic E-state index is 10.6. The Labute approximate surface area is 102 Å². The summed E-state index contributed by atoms with van der Waals surface area (Å²) in [5.41, 5.74) is 6.18. The van der Waals surface area contributed by atoms with Gasteiger partial charge in [0, 0.05) is 6.04 Å². The number of carbonyl (C=O) groups is 1. The van der Waals surface area contributed by atoms with Crippen LogP contribution in [0.4, 0.5) is 0 Å². The molecule has 1 amide bonds. The average molecular weight is 236 g/mol. The number of primary amides is 1. The van der Waals surface area contributed by atoms with Gasteiger partial charge in [-0.15, -0.1) is 0 Å². The van der Waals surface area contributed by atoms with Crippen molar-refractivity contribution in [2.75, 3.05) is 13.2 Å². The smallest absolute Gasteiger partial charge is 0.231 e. The van der Waals surface area contributed by atoms with E-state index in [1.54, 1.807) is 0 Å². The van der Waals surface area contributed by atoms with Gasteiger partial charge < -0.3 is 15.8 Å². The van der Waals surface area contributed by atoms with E-state index in [1.807, 2.05) is 31.2 Å². The molecule has 0 aromatic heterocycles. The lowest BCUT2D eigenvalue weighted by atomic mass is 10.1. The maximum absolute atomic E-state index is 10.6. The summed E-state index contributed by atoms with van der Waals surface area (Å²) in [7, 11) is 0. The molecule has 0 fully saturated rings. The van der Waals surface area contributed by atoms with E-state index < -0.39 is 0 Å². The summed E-state index contributed by atoms with van der Waals surface area (Å²) in [5, 5.41) is 3.05. The molecule has 1 unspecified atom stereocenters. The Morgan fingerprint density at radius 2 is 2.06 bits per heavy atom. The van der Waals surface area contributed by atoms with Crippen LogP contribution in [0, 0.1) is 0 Å². The van der Waals surface area contributed by atoms with Crippen molar-refractivity contribution in [2.24, 2.45) is 5.73 Å². The van der Waals surface area contributed by atoms with Crippen LogP contribution in [-0.4, -0.2) is 19.1 Å². The first-order valence-electron chi connectivity index (χ1n) is 5.88. The highest BCUT2D eigenvalue weighted by atomic mass is 16.5. The van der Waals surface area contributed by atoms with Crippen molar-refractivity contribution < 1.29 is 9.53 Å². The van der Waals surface area contributed by atoms with E-state index in [9.17, 15) is 4.79 Å². The highest BCUT2D eigenvalue weighted by Crippen LogP contribution is 2.17. The summed E-state index contributed by atoms with van der Waals surface area (Å²) >= 11 is 0. The molecule has 0 saturated heterocycles. The Kier molecular flexibility index (Phi) is 5.49. The van der Waals surface area contributed by atoms with Crippen LogP contribution < -0.4 is 15.8 Å². The number of nitrogens with one attached hydrogen (secondary N) is 1. The number of hydrogen-bond acceptors (Lipinski definition) is 3. The number of amides is 1. The standard InChI is InChI=1S/C13H20N2O2/c1-3-8-17-12-6-4-11(5-7-12)10(2)15-9-13(14)16/h4-7,10,15H,3,8-9H2,1-2H3,(H2,14,16). The normalized spacial score (nSPS) is 12.1. The number of hydrogen-bond donors (Lipinski definition) is 2. The lowest BCUT2D eigenvalue weighted by Crippen LogP contribution is -2.30. The fraction of sp³-hybridized carbons (Fsp3) is 0.462. The van der Waals surface area contributed by atoms with Crippen molar-refractivity contribution in [3.63, 3.8) is 0 Å². The zero-order chi connectivity index (χ0) is 12.7. The van der Waals surface area contributed by atoms with E-state index in [-0.39, 0.29) is 18.5 Å². The molecule has 0 aliphatic heterocycles. The van der Waals surface area contributed by atoms with Gasteiger partial charge in [-0.3, -0.25) is 4.79 Å². The molecule has 94 valence electrons. The summed E-state index contributed by atoms with van der Waals surface area (Å²) in [4.78, 5) is 10.6. The van der Waals surface area contributed by atoms with E-state index in [2.05, 4.69) is 12.2 Å². The van der Waals surface area contributed by atoms with Crippen LogP contribution in [0.2, 0.25) is 0 Å². The van der Waals surface area contributed by atoms with Gasteiger partial charge in [0.2, 0.25) is 5.91 Å².